The molecule has 2 unspecified atom stereocenters. The van der Waals surface area contributed by atoms with Gasteiger partial charge in [-0.05, 0) is 98.2 Å². The highest BCUT2D eigenvalue weighted by Gasteiger charge is 2.35. The molecule has 4 aliphatic rings. The maximum absolute atomic E-state index is 5.39. The highest BCUT2D eigenvalue weighted by Crippen LogP contribution is 2.50. The van der Waals surface area contributed by atoms with E-state index in [1.165, 1.54) is 55.8 Å². The molecule has 0 saturated heterocycles. The van der Waals surface area contributed by atoms with Crippen LogP contribution in [0.25, 0.3) is 34.3 Å². The van der Waals surface area contributed by atoms with Gasteiger partial charge < -0.3 is 20.9 Å². The lowest BCUT2D eigenvalue weighted by Crippen LogP contribution is -2.30. The Kier molecular flexibility index (Phi) is 7.74. The van der Waals surface area contributed by atoms with Crippen molar-refractivity contribution in [1.29, 1.82) is 0 Å². The molecule has 2 N–H and O–H groups in total. The van der Waals surface area contributed by atoms with Crippen molar-refractivity contribution in [3.8, 4) is 11.1 Å². The SMILES string of the molecule is CC1(C)c2ccccc2-c2ccc(C3[N-]C(C4=CC=C(c5ccc6c(c5)C=Cc5ccccc5N6c5ccccc5)NC4)=CC(c4ccccc4)N3)cc21. The molecule has 0 saturated carbocycles. The summed E-state index contributed by atoms with van der Waals surface area (Å²) in [4.78, 5) is 2.36. The second-order valence-electron chi connectivity index (χ2n) is 15.1. The monoisotopic (exact) mass is 697 g/mol. The Morgan fingerprint density at radius 2 is 1.35 bits per heavy atom. The normalized spacial score (nSPS) is 19.1. The van der Waals surface area contributed by atoms with Gasteiger partial charge in [-0.2, -0.15) is 0 Å². The van der Waals surface area contributed by atoms with Crippen LogP contribution < -0.4 is 15.5 Å². The second kappa shape index (κ2) is 12.9. The quantitative estimate of drug-likeness (QED) is 0.188. The van der Waals surface area contributed by atoms with Crippen molar-refractivity contribution in [2.24, 2.45) is 0 Å². The molecule has 262 valence electrons. The molecule has 3 heterocycles. The molecule has 0 fully saturated rings. The lowest BCUT2D eigenvalue weighted by atomic mass is 9.82. The van der Waals surface area contributed by atoms with Crippen LogP contribution in [0.15, 0.2) is 175 Å². The lowest BCUT2D eigenvalue weighted by molar-refractivity contribution is 0.527. The summed E-state index contributed by atoms with van der Waals surface area (Å²) in [5.41, 5.74) is 18.1. The summed E-state index contributed by atoms with van der Waals surface area (Å²) in [5, 5.41) is 13.0. The van der Waals surface area contributed by atoms with E-state index >= 15 is 0 Å². The van der Waals surface area contributed by atoms with Crippen molar-refractivity contribution in [2.45, 2.75) is 31.5 Å². The van der Waals surface area contributed by atoms with Crippen LogP contribution in [0.5, 0.6) is 0 Å². The number of rotatable bonds is 5. The van der Waals surface area contributed by atoms with Crippen molar-refractivity contribution in [1.82, 2.24) is 10.6 Å². The summed E-state index contributed by atoms with van der Waals surface area (Å²) in [7, 11) is 0. The Hall–Kier alpha value is -6.36. The zero-order valence-electron chi connectivity index (χ0n) is 30.5. The Balaban J connectivity index is 0.975. The van der Waals surface area contributed by atoms with Crippen LogP contribution in [0.2, 0.25) is 0 Å². The minimum atomic E-state index is -0.181. The van der Waals surface area contributed by atoms with Gasteiger partial charge in [0.25, 0.3) is 0 Å². The summed E-state index contributed by atoms with van der Waals surface area (Å²) in [5.74, 6) is 0. The zero-order chi connectivity index (χ0) is 36.2. The van der Waals surface area contributed by atoms with E-state index in [4.69, 9.17) is 5.32 Å². The molecule has 54 heavy (non-hydrogen) atoms. The summed E-state index contributed by atoms with van der Waals surface area (Å²) in [6.45, 7) is 5.37. The van der Waals surface area contributed by atoms with Crippen molar-refractivity contribution >= 4 is 34.9 Å². The molecule has 6 aromatic carbocycles. The van der Waals surface area contributed by atoms with E-state index in [1.807, 2.05) is 0 Å². The lowest BCUT2D eigenvalue weighted by Gasteiger charge is -2.45. The average molecular weight is 698 g/mol. The van der Waals surface area contributed by atoms with E-state index in [0.717, 1.165) is 28.3 Å². The number of nitrogens with zero attached hydrogens (tertiary/aromatic N) is 2. The third-order valence-electron chi connectivity index (χ3n) is 11.5. The van der Waals surface area contributed by atoms with E-state index in [2.05, 4.69) is 205 Å². The van der Waals surface area contributed by atoms with Crippen LogP contribution in [-0.4, -0.2) is 6.54 Å². The topological polar surface area (TPSA) is 41.4 Å². The van der Waals surface area contributed by atoms with Gasteiger partial charge in [0.1, 0.15) is 0 Å². The standard InChI is InChI=1S/C50H41N4/c1-50(2)42-19-11-10-18-40(42)41-26-23-37(30-43(41)50)49-52-45(33-13-5-3-6-14-33)31-46(53-49)38-24-27-44(51-32-38)35-25-28-48-36(29-35)22-21-34-15-9-12-20-47(34)54(48)39-16-7-4-8-17-39/h3-31,45,49,51-52H,32H2,1-2H3/q-1. The van der Waals surface area contributed by atoms with Crippen molar-refractivity contribution in [3.05, 3.63) is 219 Å². The summed E-state index contributed by atoms with van der Waals surface area (Å²) < 4.78 is 0. The molecule has 0 spiro atoms. The van der Waals surface area contributed by atoms with Crippen molar-refractivity contribution in [3.63, 3.8) is 0 Å². The first-order chi connectivity index (χ1) is 26.5. The highest BCUT2D eigenvalue weighted by atomic mass is 15.2. The van der Waals surface area contributed by atoms with Gasteiger partial charge in [-0.3, -0.25) is 0 Å². The van der Waals surface area contributed by atoms with E-state index in [-0.39, 0.29) is 17.6 Å². The molecule has 0 aromatic heterocycles. The maximum atomic E-state index is 5.39. The van der Waals surface area contributed by atoms with Crippen LogP contribution in [0, 0.1) is 0 Å². The fraction of sp³-hybridized carbons (Fsp3) is 0.120. The zero-order valence-corrected chi connectivity index (χ0v) is 30.5. The summed E-state index contributed by atoms with van der Waals surface area (Å²) >= 11 is 0. The first-order valence-electron chi connectivity index (χ1n) is 18.9. The number of para-hydroxylation sites is 2. The molecule has 0 radical (unpaired) electrons. The van der Waals surface area contributed by atoms with Gasteiger partial charge in [0.05, 0.1) is 11.4 Å². The minimum absolute atomic E-state index is 0.0292. The number of fused-ring (bicyclic) bond motifs is 5. The van der Waals surface area contributed by atoms with Crippen LogP contribution in [0.3, 0.4) is 0 Å². The molecule has 6 aromatic rings. The third-order valence-corrected chi connectivity index (χ3v) is 11.5. The summed E-state index contributed by atoms with van der Waals surface area (Å²) in [6, 6.07) is 52.5. The van der Waals surface area contributed by atoms with Gasteiger partial charge in [0, 0.05) is 29.4 Å². The minimum Gasteiger partial charge on any atom is -0.666 e. The Bertz CT molecular complexity index is 2540. The number of dihydropyridines is 1. The molecule has 2 atom stereocenters. The largest absolute Gasteiger partial charge is 0.666 e. The van der Waals surface area contributed by atoms with E-state index in [9.17, 15) is 0 Å². The highest BCUT2D eigenvalue weighted by molar-refractivity contribution is 5.94. The predicted octanol–water partition coefficient (Wildman–Crippen LogP) is 12.1. The second-order valence-corrected chi connectivity index (χ2v) is 15.1. The molecule has 1 aliphatic carbocycles. The van der Waals surface area contributed by atoms with Crippen molar-refractivity contribution in [2.75, 3.05) is 11.4 Å². The number of allylic oxidation sites excluding steroid dienone is 2. The van der Waals surface area contributed by atoms with Crippen LogP contribution in [0.4, 0.5) is 17.1 Å². The fourth-order valence-electron chi connectivity index (χ4n) is 8.62. The smallest absolute Gasteiger partial charge is 0.0534 e. The van der Waals surface area contributed by atoms with Crippen LogP contribution in [0.1, 0.15) is 65.0 Å². The molecular formula is C50H41N4-. The van der Waals surface area contributed by atoms with Gasteiger partial charge >= 0.3 is 0 Å². The van der Waals surface area contributed by atoms with E-state index in [1.54, 1.807) is 0 Å². The first-order valence-corrected chi connectivity index (χ1v) is 18.9. The third kappa shape index (κ3) is 5.50. The van der Waals surface area contributed by atoms with Gasteiger partial charge in [0.15, 0.2) is 0 Å². The molecular weight excluding hydrogens is 657 g/mol. The van der Waals surface area contributed by atoms with Gasteiger partial charge in [-0.25, -0.2) is 0 Å². The summed E-state index contributed by atoms with van der Waals surface area (Å²) in [6.07, 6.45) is 11.0. The maximum Gasteiger partial charge on any atom is 0.0534 e. The molecule has 10 rings (SSSR count). The van der Waals surface area contributed by atoms with Crippen LogP contribution >= 0.6 is 0 Å². The Morgan fingerprint density at radius 3 is 2.19 bits per heavy atom. The number of nitrogens with one attached hydrogen (secondary N) is 2. The van der Waals surface area contributed by atoms with Crippen molar-refractivity contribution < 1.29 is 0 Å². The molecule has 4 heteroatoms. The van der Waals surface area contributed by atoms with Crippen LogP contribution in [-0.2, 0) is 5.41 Å². The molecule has 0 bridgehead atoms. The molecule has 4 nitrogen and oxygen atoms in total. The Morgan fingerprint density at radius 1 is 0.630 bits per heavy atom. The van der Waals surface area contributed by atoms with E-state index < -0.39 is 0 Å². The average Bonchev–Trinajstić information content (AvgIpc) is 3.34. The molecule has 0 amide bonds. The fourth-order valence-corrected chi connectivity index (χ4v) is 8.62. The van der Waals surface area contributed by atoms with Gasteiger partial charge in [0.2, 0.25) is 0 Å². The molecule has 3 aliphatic heterocycles. The number of anilines is 3. The van der Waals surface area contributed by atoms with Gasteiger partial charge in [-0.15, -0.1) is 5.70 Å². The Labute approximate surface area is 317 Å². The van der Waals surface area contributed by atoms with E-state index in [0.29, 0.717) is 6.54 Å². The first kappa shape index (κ1) is 32.3. The number of hydrogen-bond acceptors (Lipinski definition) is 3. The van der Waals surface area contributed by atoms with Gasteiger partial charge in [-0.1, -0.05) is 153 Å². The number of hydrogen-bond donors (Lipinski definition) is 2. The predicted molar refractivity (Wildman–Crippen MR) is 225 cm³/mol. The number of benzene rings is 6.